The zero-order chi connectivity index (χ0) is 17.3. The fourth-order valence-electron chi connectivity index (χ4n) is 4.26. The van der Waals surface area contributed by atoms with E-state index in [-0.39, 0.29) is 11.6 Å². The molecular weight excluding hydrogens is 334 g/mol. The molecule has 0 bridgehead atoms. The van der Waals surface area contributed by atoms with Crippen LogP contribution in [0.1, 0.15) is 35.4 Å². The maximum absolute atomic E-state index is 12.1. The molecule has 3 fully saturated rings. The van der Waals surface area contributed by atoms with E-state index in [0.717, 1.165) is 71.6 Å². The maximum Gasteiger partial charge on any atom is 0.317 e. The molecule has 4 rings (SSSR count). The number of likely N-dealkylation sites (tertiary alicyclic amines) is 2. The number of rotatable bonds is 4. The van der Waals surface area contributed by atoms with Crippen molar-refractivity contribution in [3.05, 3.63) is 21.9 Å². The van der Waals surface area contributed by atoms with Gasteiger partial charge in [0.2, 0.25) is 0 Å². The number of carbonyl (C=O) groups excluding carboxylic acids is 1. The molecule has 0 radical (unpaired) electrons. The summed E-state index contributed by atoms with van der Waals surface area (Å²) in [6.45, 7) is 8.69. The van der Waals surface area contributed by atoms with Crippen molar-refractivity contribution >= 4 is 17.4 Å². The van der Waals surface area contributed by atoms with Crippen LogP contribution in [0.5, 0.6) is 0 Å². The van der Waals surface area contributed by atoms with Crippen molar-refractivity contribution in [1.82, 2.24) is 15.1 Å². The van der Waals surface area contributed by atoms with E-state index >= 15 is 0 Å². The summed E-state index contributed by atoms with van der Waals surface area (Å²) in [5.74, 6) is 0.464. The van der Waals surface area contributed by atoms with Gasteiger partial charge < -0.3 is 15.0 Å². The summed E-state index contributed by atoms with van der Waals surface area (Å²) in [6.07, 6.45) is 4.57. The van der Waals surface area contributed by atoms with Gasteiger partial charge in [0.15, 0.2) is 0 Å². The van der Waals surface area contributed by atoms with Crippen LogP contribution in [0.3, 0.4) is 0 Å². The highest BCUT2D eigenvalue weighted by molar-refractivity contribution is 7.11. The summed E-state index contributed by atoms with van der Waals surface area (Å²) in [5.41, 5.74) is 0.0851. The van der Waals surface area contributed by atoms with Crippen LogP contribution in [-0.2, 0) is 11.3 Å². The van der Waals surface area contributed by atoms with Gasteiger partial charge in [0.1, 0.15) is 0 Å². The fraction of sp³-hybridized carbons (Fsp3) is 0.737. The highest BCUT2D eigenvalue weighted by Crippen LogP contribution is 2.37. The summed E-state index contributed by atoms with van der Waals surface area (Å²) < 4.78 is 6.24. The maximum atomic E-state index is 12.1. The first-order valence-electron chi connectivity index (χ1n) is 9.56. The molecule has 3 saturated heterocycles. The zero-order valence-corrected chi connectivity index (χ0v) is 15.9. The summed E-state index contributed by atoms with van der Waals surface area (Å²) in [4.78, 5) is 19.3. The molecule has 4 heterocycles. The van der Waals surface area contributed by atoms with Crippen molar-refractivity contribution in [2.75, 3.05) is 39.3 Å². The molecule has 6 heteroatoms. The molecular formula is C19H29N3O2S. The Labute approximate surface area is 154 Å². The molecule has 0 aliphatic carbocycles. The highest BCUT2D eigenvalue weighted by Gasteiger charge is 2.46. The van der Waals surface area contributed by atoms with Crippen LogP contribution in [0.15, 0.2) is 12.1 Å². The quantitative estimate of drug-likeness (QED) is 0.895. The number of nitrogens with one attached hydrogen (secondary N) is 1. The summed E-state index contributed by atoms with van der Waals surface area (Å²) in [6, 6.07) is 4.55. The Morgan fingerprint density at radius 1 is 1.36 bits per heavy atom. The predicted molar refractivity (Wildman–Crippen MR) is 99.9 cm³/mol. The van der Waals surface area contributed by atoms with Crippen LogP contribution >= 0.6 is 11.3 Å². The van der Waals surface area contributed by atoms with E-state index in [0.29, 0.717) is 5.92 Å². The van der Waals surface area contributed by atoms with Crippen molar-refractivity contribution in [3.8, 4) is 0 Å². The van der Waals surface area contributed by atoms with E-state index in [2.05, 4.69) is 29.3 Å². The van der Waals surface area contributed by atoms with Gasteiger partial charge in [0.05, 0.1) is 12.2 Å². The molecule has 3 aliphatic rings. The number of thiophene rings is 1. The minimum Gasteiger partial charge on any atom is -0.372 e. The molecule has 3 aliphatic heterocycles. The van der Waals surface area contributed by atoms with Crippen molar-refractivity contribution < 1.29 is 9.53 Å². The number of aryl methyl sites for hydroxylation is 1. The van der Waals surface area contributed by atoms with E-state index in [4.69, 9.17) is 4.74 Å². The molecule has 0 aromatic carbocycles. The molecule has 0 saturated carbocycles. The average molecular weight is 364 g/mol. The molecule has 1 aromatic rings. The summed E-state index contributed by atoms with van der Waals surface area (Å²) >= 11 is 1.89. The number of carbonyl (C=O) groups is 1. The molecule has 5 nitrogen and oxygen atoms in total. The third-order valence-corrected chi connectivity index (χ3v) is 6.75. The first kappa shape index (κ1) is 17.3. The van der Waals surface area contributed by atoms with Gasteiger partial charge >= 0.3 is 6.03 Å². The minimum atomic E-state index is 0.0851. The Balaban J connectivity index is 1.16. The summed E-state index contributed by atoms with van der Waals surface area (Å²) in [7, 11) is 0. The smallest absolute Gasteiger partial charge is 0.317 e. The molecule has 0 unspecified atom stereocenters. The topological polar surface area (TPSA) is 44.8 Å². The monoisotopic (exact) mass is 363 g/mol. The lowest BCUT2D eigenvalue weighted by molar-refractivity contribution is -0.181. The van der Waals surface area contributed by atoms with Crippen LogP contribution in [0.25, 0.3) is 0 Å². The second-order valence-electron chi connectivity index (χ2n) is 7.94. The van der Waals surface area contributed by atoms with Crippen LogP contribution in [0.4, 0.5) is 4.79 Å². The number of hydrogen-bond acceptors (Lipinski definition) is 4. The van der Waals surface area contributed by atoms with Crippen LogP contribution in [-0.4, -0.2) is 60.8 Å². The minimum absolute atomic E-state index is 0.0851. The number of hydrogen-bond donors (Lipinski definition) is 1. The molecule has 1 atom stereocenters. The van der Waals surface area contributed by atoms with Gasteiger partial charge in [-0.2, -0.15) is 0 Å². The highest BCUT2D eigenvalue weighted by atomic mass is 32.1. The summed E-state index contributed by atoms with van der Waals surface area (Å²) in [5, 5.41) is 3.10. The Morgan fingerprint density at radius 2 is 2.16 bits per heavy atom. The van der Waals surface area contributed by atoms with Crippen molar-refractivity contribution in [2.24, 2.45) is 5.92 Å². The second kappa shape index (κ2) is 7.25. The molecule has 1 aromatic heterocycles. The third-order valence-electron chi connectivity index (χ3n) is 5.77. The van der Waals surface area contributed by atoms with Crippen LogP contribution < -0.4 is 5.32 Å². The van der Waals surface area contributed by atoms with Gasteiger partial charge in [0, 0.05) is 49.0 Å². The van der Waals surface area contributed by atoms with E-state index in [9.17, 15) is 4.79 Å². The molecule has 1 spiro atoms. The van der Waals surface area contributed by atoms with Gasteiger partial charge in [-0.05, 0) is 50.7 Å². The van der Waals surface area contributed by atoms with Gasteiger partial charge in [-0.3, -0.25) is 4.90 Å². The van der Waals surface area contributed by atoms with Crippen molar-refractivity contribution in [3.63, 3.8) is 0 Å². The molecule has 1 N–H and O–H groups in total. The Bertz CT molecular complexity index is 596. The van der Waals surface area contributed by atoms with E-state index in [1.54, 1.807) is 0 Å². The van der Waals surface area contributed by atoms with Crippen molar-refractivity contribution in [2.45, 2.75) is 44.8 Å². The first-order chi connectivity index (χ1) is 12.1. The lowest BCUT2D eigenvalue weighted by atomic mass is 9.83. The predicted octanol–water partition coefficient (Wildman–Crippen LogP) is 2.84. The van der Waals surface area contributed by atoms with E-state index < -0.39 is 0 Å². The zero-order valence-electron chi connectivity index (χ0n) is 15.1. The Morgan fingerprint density at radius 3 is 2.80 bits per heavy atom. The van der Waals surface area contributed by atoms with Gasteiger partial charge in [-0.25, -0.2) is 4.79 Å². The second-order valence-corrected chi connectivity index (χ2v) is 9.31. The number of nitrogens with zero attached hydrogens (tertiary/aromatic N) is 2. The lowest BCUT2D eigenvalue weighted by Crippen LogP contribution is -2.64. The third kappa shape index (κ3) is 4.01. The largest absolute Gasteiger partial charge is 0.372 e. The molecule has 2 amide bonds. The standard InChI is InChI=1S/C19H29N3O2S/c1-15-4-5-17(25-15)11-21-13-19(14-21)7-6-16(12-24-19)10-20-18(23)22-8-2-3-9-22/h4-5,16H,2-3,6-14H2,1H3,(H,20,23)/t16-/m1/s1. The SMILES string of the molecule is Cc1ccc(CN2CC3(CC[C@H](CNC(=O)N4CCCC4)CO3)C2)s1. The lowest BCUT2D eigenvalue weighted by Gasteiger charge is -2.52. The molecule has 138 valence electrons. The van der Waals surface area contributed by atoms with Gasteiger partial charge in [0.25, 0.3) is 0 Å². The number of urea groups is 1. The Kier molecular flexibility index (Phi) is 5.02. The normalized spacial score (nSPS) is 26.0. The Hall–Kier alpha value is -1.11. The first-order valence-corrected chi connectivity index (χ1v) is 10.4. The van der Waals surface area contributed by atoms with E-state index in [1.807, 2.05) is 16.2 Å². The van der Waals surface area contributed by atoms with Gasteiger partial charge in [-0.15, -0.1) is 11.3 Å². The van der Waals surface area contributed by atoms with Gasteiger partial charge in [-0.1, -0.05) is 0 Å². The fourth-order valence-corrected chi connectivity index (χ4v) is 5.20. The van der Waals surface area contributed by atoms with E-state index in [1.165, 1.54) is 9.75 Å². The average Bonchev–Trinajstić information content (AvgIpc) is 3.24. The number of amides is 2. The van der Waals surface area contributed by atoms with Crippen LogP contribution in [0, 0.1) is 12.8 Å². The van der Waals surface area contributed by atoms with Crippen molar-refractivity contribution in [1.29, 1.82) is 0 Å². The number of ether oxygens (including phenoxy) is 1. The molecule has 25 heavy (non-hydrogen) atoms. The van der Waals surface area contributed by atoms with Crippen LogP contribution in [0.2, 0.25) is 0 Å².